The first-order valence-corrected chi connectivity index (χ1v) is 8.91. The molecule has 2 rings (SSSR count). The van der Waals surface area contributed by atoms with Gasteiger partial charge in [-0.2, -0.15) is 0 Å². The third-order valence-corrected chi connectivity index (χ3v) is 4.52. The van der Waals surface area contributed by atoms with Gasteiger partial charge in [0.1, 0.15) is 0 Å². The minimum absolute atomic E-state index is 0. The number of likely N-dealkylation sites (tertiary alicyclic amines) is 2. The summed E-state index contributed by atoms with van der Waals surface area (Å²) >= 11 is 0. The molecular formula is C17H33IN4O. The fourth-order valence-corrected chi connectivity index (χ4v) is 3.65. The molecule has 2 saturated heterocycles. The van der Waals surface area contributed by atoms with E-state index in [1.165, 1.54) is 6.42 Å². The molecule has 1 amide bonds. The summed E-state index contributed by atoms with van der Waals surface area (Å²) in [6, 6.07) is 0. The summed E-state index contributed by atoms with van der Waals surface area (Å²) in [5.74, 6) is 2.83. The summed E-state index contributed by atoms with van der Waals surface area (Å²) in [4.78, 5) is 20.8. The van der Waals surface area contributed by atoms with Gasteiger partial charge in [0.05, 0.1) is 0 Å². The summed E-state index contributed by atoms with van der Waals surface area (Å²) in [6.07, 6.45) is 4.02. The highest BCUT2D eigenvalue weighted by atomic mass is 127. The Balaban J connectivity index is 0.00000264. The molecular weight excluding hydrogens is 403 g/mol. The average Bonchev–Trinajstić information content (AvgIpc) is 2.86. The second-order valence-corrected chi connectivity index (χ2v) is 6.92. The zero-order valence-electron chi connectivity index (χ0n) is 14.9. The summed E-state index contributed by atoms with van der Waals surface area (Å²) < 4.78 is 0. The molecule has 2 aliphatic heterocycles. The van der Waals surface area contributed by atoms with Gasteiger partial charge in [0, 0.05) is 45.7 Å². The Labute approximate surface area is 158 Å². The van der Waals surface area contributed by atoms with Crippen molar-refractivity contribution in [1.82, 2.24) is 15.1 Å². The number of hydrogen-bond acceptors (Lipinski definition) is 2. The normalized spacial score (nSPS) is 25.5. The Morgan fingerprint density at radius 1 is 1.30 bits per heavy atom. The van der Waals surface area contributed by atoms with Gasteiger partial charge < -0.3 is 15.1 Å². The zero-order valence-corrected chi connectivity index (χ0v) is 17.2. The molecule has 23 heavy (non-hydrogen) atoms. The van der Waals surface area contributed by atoms with E-state index in [4.69, 9.17) is 4.99 Å². The number of nitrogens with one attached hydrogen (secondary N) is 1. The molecule has 0 aromatic rings. The molecule has 0 aromatic heterocycles. The van der Waals surface area contributed by atoms with Crippen molar-refractivity contribution in [1.29, 1.82) is 0 Å². The minimum Gasteiger partial charge on any atom is -0.357 e. The van der Waals surface area contributed by atoms with E-state index in [2.05, 4.69) is 31.0 Å². The lowest BCUT2D eigenvalue weighted by Gasteiger charge is -2.37. The van der Waals surface area contributed by atoms with Crippen molar-refractivity contribution in [2.45, 2.75) is 46.5 Å². The molecule has 2 heterocycles. The van der Waals surface area contributed by atoms with Crippen LogP contribution in [0.4, 0.5) is 0 Å². The van der Waals surface area contributed by atoms with Crippen molar-refractivity contribution < 1.29 is 4.79 Å². The monoisotopic (exact) mass is 436 g/mol. The topological polar surface area (TPSA) is 47.9 Å². The zero-order chi connectivity index (χ0) is 15.9. The lowest BCUT2D eigenvalue weighted by atomic mass is 9.92. The van der Waals surface area contributed by atoms with E-state index in [9.17, 15) is 4.79 Å². The number of hydrogen-bond donors (Lipinski definition) is 1. The number of aliphatic imine (C=N–C) groups is 1. The number of carbonyl (C=O) groups is 1. The predicted molar refractivity (Wildman–Crippen MR) is 106 cm³/mol. The molecule has 6 heteroatoms. The van der Waals surface area contributed by atoms with E-state index in [0.717, 1.165) is 76.3 Å². The van der Waals surface area contributed by atoms with Crippen LogP contribution in [0.2, 0.25) is 0 Å². The molecule has 2 atom stereocenters. The highest BCUT2D eigenvalue weighted by Gasteiger charge is 2.24. The van der Waals surface area contributed by atoms with Gasteiger partial charge in [0.2, 0.25) is 5.91 Å². The van der Waals surface area contributed by atoms with Gasteiger partial charge in [-0.05, 0) is 38.0 Å². The van der Waals surface area contributed by atoms with Crippen LogP contribution in [0.5, 0.6) is 0 Å². The quantitative estimate of drug-likeness (QED) is 0.312. The summed E-state index contributed by atoms with van der Waals surface area (Å²) in [5.41, 5.74) is 0. The van der Waals surface area contributed by atoms with Crippen LogP contribution in [-0.4, -0.2) is 60.9 Å². The van der Waals surface area contributed by atoms with Crippen LogP contribution < -0.4 is 5.32 Å². The van der Waals surface area contributed by atoms with Crippen LogP contribution in [0, 0.1) is 11.8 Å². The largest absolute Gasteiger partial charge is 0.357 e. The minimum atomic E-state index is 0. The fourth-order valence-electron chi connectivity index (χ4n) is 3.65. The smallest absolute Gasteiger partial charge is 0.222 e. The maximum Gasteiger partial charge on any atom is 0.222 e. The summed E-state index contributed by atoms with van der Waals surface area (Å²) in [6.45, 7) is 12.5. The fraction of sp³-hybridized carbons (Fsp3) is 0.882. The van der Waals surface area contributed by atoms with Crippen molar-refractivity contribution in [2.24, 2.45) is 16.8 Å². The second-order valence-electron chi connectivity index (χ2n) is 6.92. The molecule has 134 valence electrons. The van der Waals surface area contributed by atoms with Crippen molar-refractivity contribution in [3.63, 3.8) is 0 Å². The van der Waals surface area contributed by atoms with Gasteiger partial charge in [-0.25, -0.2) is 0 Å². The first-order chi connectivity index (χ1) is 10.6. The van der Waals surface area contributed by atoms with Gasteiger partial charge in [-0.1, -0.05) is 13.8 Å². The lowest BCUT2D eigenvalue weighted by Crippen LogP contribution is -2.48. The molecule has 0 aliphatic carbocycles. The Morgan fingerprint density at radius 2 is 2.00 bits per heavy atom. The van der Waals surface area contributed by atoms with E-state index in [0.29, 0.717) is 5.91 Å². The lowest BCUT2D eigenvalue weighted by molar-refractivity contribution is -0.127. The van der Waals surface area contributed by atoms with Crippen LogP contribution in [0.3, 0.4) is 0 Å². The van der Waals surface area contributed by atoms with Crippen molar-refractivity contribution in [2.75, 3.05) is 39.3 Å². The van der Waals surface area contributed by atoms with Crippen LogP contribution in [0.25, 0.3) is 0 Å². The Kier molecular flexibility index (Phi) is 9.24. The number of guanidine groups is 1. The van der Waals surface area contributed by atoms with Crippen LogP contribution in [0.1, 0.15) is 46.5 Å². The maximum atomic E-state index is 11.6. The van der Waals surface area contributed by atoms with Crippen LogP contribution >= 0.6 is 24.0 Å². The number of rotatable bonds is 5. The molecule has 0 saturated carbocycles. The second kappa shape index (κ2) is 10.4. The van der Waals surface area contributed by atoms with Gasteiger partial charge >= 0.3 is 0 Å². The number of carbonyl (C=O) groups excluding carboxylic acids is 1. The number of nitrogens with zero attached hydrogens (tertiary/aromatic N) is 3. The standard InChI is InChI=1S/C17H32N4O.HI/c1-4-18-17(21-12-14(2)11-15(3)13-21)19-8-6-10-20-9-5-7-16(20)22;/h14-15H,4-13H2,1-3H3,(H,18,19);1H. The Bertz CT molecular complexity index is 392. The third kappa shape index (κ3) is 6.47. The molecule has 2 fully saturated rings. The molecule has 0 aromatic carbocycles. The van der Waals surface area contributed by atoms with Gasteiger partial charge in [0.15, 0.2) is 5.96 Å². The molecule has 0 bridgehead atoms. The maximum absolute atomic E-state index is 11.6. The van der Waals surface area contributed by atoms with Gasteiger partial charge in [0.25, 0.3) is 0 Å². The molecule has 5 nitrogen and oxygen atoms in total. The summed E-state index contributed by atoms with van der Waals surface area (Å²) in [5, 5.41) is 3.43. The van der Waals surface area contributed by atoms with E-state index >= 15 is 0 Å². The van der Waals surface area contributed by atoms with E-state index in [-0.39, 0.29) is 24.0 Å². The number of amides is 1. The molecule has 0 radical (unpaired) electrons. The van der Waals surface area contributed by atoms with Gasteiger partial charge in [-0.3, -0.25) is 9.79 Å². The third-order valence-electron chi connectivity index (χ3n) is 4.52. The van der Waals surface area contributed by atoms with Crippen LogP contribution in [-0.2, 0) is 4.79 Å². The first kappa shape index (κ1) is 20.5. The SMILES string of the molecule is CCNC(=NCCCN1CCCC1=O)N1CC(C)CC(C)C1.I. The molecule has 0 spiro atoms. The van der Waals surface area contributed by atoms with E-state index in [1.54, 1.807) is 0 Å². The summed E-state index contributed by atoms with van der Waals surface area (Å²) in [7, 11) is 0. The highest BCUT2D eigenvalue weighted by molar-refractivity contribution is 14.0. The van der Waals surface area contributed by atoms with Crippen LogP contribution in [0.15, 0.2) is 4.99 Å². The predicted octanol–water partition coefficient (Wildman–Crippen LogP) is 2.56. The van der Waals surface area contributed by atoms with E-state index < -0.39 is 0 Å². The molecule has 1 N–H and O–H groups in total. The van der Waals surface area contributed by atoms with Crippen molar-refractivity contribution >= 4 is 35.8 Å². The Morgan fingerprint density at radius 3 is 2.57 bits per heavy atom. The van der Waals surface area contributed by atoms with E-state index in [1.807, 2.05) is 4.90 Å². The average molecular weight is 436 g/mol. The van der Waals surface area contributed by atoms with Gasteiger partial charge in [-0.15, -0.1) is 24.0 Å². The Hall–Kier alpha value is -0.530. The number of halogens is 1. The molecule has 2 aliphatic rings. The van der Waals surface area contributed by atoms with Crippen molar-refractivity contribution in [3.05, 3.63) is 0 Å². The highest BCUT2D eigenvalue weighted by Crippen LogP contribution is 2.20. The van der Waals surface area contributed by atoms with Crippen molar-refractivity contribution in [3.8, 4) is 0 Å². The number of piperidine rings is 1. The first-order valence-electron chi connectivity index (χ1n) is 8.91. The molecule has 2 unspecified atom stereocenters.